The van der Waals surface area contributed by atoms with Gasteiger partial charge in [0.2, 0.25) is 0 Å². The Balaban J connectivity index is 1.53. The smallest absolute Gasteiger partial charge is 0.147 e. The van der Waals surface area contributed by atoms with Gasteiger partial charge in [0.15, 0.2) is 0 Å². The lowest BCUT2D eigenvalue weighted by molar-refractivity contribution is 0.158. The van der Waals surface area contributed by atoms with Crippen molar-refractivity contribution in [1.82, 2.24) is 4.98 Å². The second kappa shape index (κ2) is 7.53. The second-order valence-electron chi connectivity index (χ2n) is 7.34. The fourth-order valence-electron chi connectivity index (χ4n) is 4.65. The Labute approximate surface area is 144 Å². The molecule has 0 aromatic carbocycles. The summed E-state index contributed by atoms with van der Waals surface area (Å²) >= 11 is 12.0. The summed E-state index contributed by atoms with van der Waals surface area (Å²) in [5.74, 6) is 3.60. The Bertz CT molecular complexity index is 486. The highest BCUT2D eigenvalue weighted by molar-refractivity contribution is 6.41. The molecule has 1 nitrogen and oxygen atoms in total. The van der Waals surface area contributed by atoms with Gasteiger partial charge in [0, 0.05) is 6.20 Å². The molecule has 0 spiro atoms. The molecule has 2 saturated carbocycles. The molecule has 1 aromatic heterocycles. The van der Waals surface area contributed by atoms with Gasteiger partial charge in [-0.05, 0) is 73.8 Å². The predicted octanol–water partition coefficient (Wildman–Crippen LogP) is 6.88. The highest BCUT2D eigenvalue weighted by atomic mass is 35.5. The van der Waals surface area contributed by atoms with Gasteiger partial charge in [0.25, 0.3) is 0 Å². The largest absolute Gasteiger partial charge is 0.243 e. The summed E-state index contributed by atoms with van der Waals surface area (Å²) < 4.78 is 0. The molecule has 3 heteroatoms. The maximum Gasteiger partial charge on any atom is 0.147 e. The number of halogens is 2. The van der Waals surface area contributed by atoms with E-state index in [9.17, 15) is 0 Å². The first-order valence-corrected chi connectivity index (χ1v) is 9.74. The van der Waals surface area contributed by atoms with E-state index in [0.717, 1.165) is 17.8 Å². The molecule has 0 amide bonds. The summed E-state index contributed by atoms with van der Waals surface area (Å²) in [6.07, 6.45) is 14.5. The Kier molecular flexibility index (Phi) is 5.68. The number of rotatable bonds is 3. The quantitative estimate of drug-likeness (QED) is 0.547. The first-order chi connectivity index (χ1) is 10.7. The van der Waals surface area contributed by atoms with E-state index in [1.807, 2.05) is 12.3 Å². The van der Waals surface area contributed by atoms with Gasteiger partial charge >= 0.3 is 0 Å². The van der Waals surface area contributed by atoms with E-state index in [1.165, 1.54) is 63.4 Å². The van der Waals surface area contributed by atoms with Crippen LogP contribution in [-0.2, 0) is 0 Å². The van der Waals surface area contributed by atoms with Crippen LogP contribution in [0.3, 0.4) is 0 Å². The molecule has 0 saturated heterocycles. The van der Waals surface area contributed by atoms with Crippen molar-refractivity contribution in [2.45, 2.75) is 70.6 Å². The molecule has 0 bridgehead atoms. The van der Waals surface area contributed by atoms with E-state index in [1.54, 1.807) is 0 Å². The van der Waals surface area contributed by atoms with Crippen molar-refractivity contribution in [3.63, 3.8) is 0 Å². The van der Waals surface area contributed by atoms with Gasteiger partial charge in [0.1, 0.15) is 5.15 Å². The molecule has 122 valence electrons. The summed E-state index contributed by atoms with van der Waals surface area (Å²) in [7, 11) is 0. The summed E-state index contributed by atoms with van der Waals surface area (Å²) in [5, 5.41) is 1.02. The van der Waals surface area contributed by atoms with Crippen LogP contribution in [0.2, 0.25) is 10.2 Å². The lowest BCUT2D eigenvalue weighted by Crippen LogP contribution is -2.25. The molecule has 0 N–H and O–H groups in total. The van der Waals surface area contributed by atoms with Crippen LogP contribution in [0, 0.1) is 17.8 Å². The third kappa shape index (κ3) is 3.79. The van der Waals surface area contributed by atoms with Crippen LogP contribution in [0.15, 0.2) is 12.3 Å². The highest BCUT2D eigenvalue weighted by Gasteiger charge is 2.31. The monoisotopic (exact) mass is 339 g/mol. The number of aromatic nitrogens is 1. The average molecular weight is 340 g/mol. The molecule has 0 atom stereocenters. The van der Waals surface area contributed by atoms with Crippen molar-refractivity contribution < 1.29 is 0 Å². The average Bonchev–Trinajstić information content (AvgIpc) is 2.58. The van der Waals surface area contributed by atoms with E-state index in [2.05, 4.69) is 11.9 Å². The van der Waals surface area contributed by atoms with Crippen LogP contribution in [0.5, 0.6) is 0 Å². The zero-order chi connectivity index (χ0) is 15.5. The third-order valence-corrected chi connectivity index (χ3v) is 6.88. The van der Waals surface area contributed by atoms with Gasteiger partial charge in [-0.15, -0.1) is 0 Å². The summed E-state index contributed by atoms with van der Waals surface area (Å²) in [6.45, 7) is 2.35. The van der Waals surface area contributed by atoms with Gasteiger partial charge in [0.05, 0.1) is 5.02 Å². The third-order valence-electron chi connectivity index (χ3n) is 6.20. The van der Waals surface area contributed by atoms with E-state index in [4.69, 9.17) is 23.2 Å². The van der Waals surface area contributed by atoms with E-state index in [-0.39, 0.29) is 0 Å². The van der Waals surface area contributed by atoms with E-state index >= 15 is 0 Å². The Morgan fingerprint density at radius 2 is 1.55 bits per heavy atom. The molecule has 1 heterocycles. The van der Waals surface area contributed by atoms with Crippen LogP contribution in [0.4, 0.5) is 0 Å². The Morgan fingerprint density at radius 1 is 0.955 bits per heavy atom. The standard InChI is InChI=1S/C19H27Cl2N/c1-2-13-3-5-14(6-4-13)15-7-9-16(10-8-15)17-11-18(20)19(21)22-12-17/h11-16H,2-10H2,1H3/t13-,14-,15?,16?. The second-order valence-corrected chi connectivity index (χ2v) is 8.11. The summed E-state index contributed by atoms with van der Waals surface area (Å²) in [5.41, 5.74) is 1.28. The van der Waals surface area contributed by atoms with Crippen molar-refractivity contribution in [3.05, 3.63) is 28.0 Å². The molecule has 22 heavy (non-hydrogen) atoms. The first kappa shape index (κ1) is 16.6. The number of hydrogen-bond donors (Lipinski definition) is 0. The van der Waals surface area contributed by atoms with Gasteiger partial charge in [-0.25, -0.2) is 4.98 Å². The van der Waals surface area contributed by atoms with E-state index < -0.39 is 0 Å². The molecular formula is C19H27Cl2N. The van der Waals surface area contributed by atoms with Gasteiger partial charge in [-0.3, -0.25) is 0 Å². The lowest BCUT2D eigenvalue weighted by Gasteiger charge is -2.37. The van der Waals surface area contributed by atoms with Crippen LogP contribution in [-0.4, -0.2) is 4.98 Å². The minimum absolute atomic E-state index is 0.423. The molecule has 2 aliphatic carbocycles. The van der Waals surface area contributed by atoms with Crippen molar-refractivity contribution in [1.29, 1.82) is 0 Å². The van der Waals surface area contributed by atoms with Crippen molar-refractivity contribution in [3.8, 4) is 0 Å². The molecule has 0 unspecified atom stereocenters. The Hall–Kier alpha value is -0.270. The van der Waals surface area contributed by atoms with Gasteiger partial charge in [-0.2, -0.15) is 0 Å². The number of nitrogens with zero attached hydrogens (tertiary/aromatic N) is 1. The number of pyridine rings is 1. The van der Waals surface area contributed by atoms with Crippen LogP contribution < -0.4 is 0 Å². The molecule has 2 aliphatic rings. The van der Waals surface area contributed by atoms with Crippen LogP contribution in [0.25, 0.3) is 0 Å². The van der Waals surface area contributed by atoms with E-state index in [0.29, 0.717) is 16.1 Å². The maximum atomic E-state index is 6.12. The van der Waals surface area contributed by atoms with Gasteiger partial charge < -0.3 is 0 Å². The zero-order valence-electron chi connectivity index (χ0n) is 13.5. The lowest BCUT2D eigenvalue weighted by atomic mass is 9.68. The normalized spacial score (nSPS) is 32.9. The SMILES string of the molecule is CC[C@H]1CC[C@H](C2CCC(c3cnc(Cl)c(Cl)c3)CC2)CC1. The van der Waals surface area contributed by atoms with Crippen molar-refractivity contribution in [2.24, 2.45) is 17.8 Å². The zero-order valence-corrected chi connectivity index (χ0v) is 15.0. The fourth-order valence-corrected chi connectivity index (χ4v) is 4.93. The summed E-state index contributed by atoms with van der Waals surface area (Å²) in [4.78, 5) is 4.21. The molecular weight excluding hydrogens is 313 g/mol. The Morgan fingerprint density at radius 3 is 2.09 bits per heavy atom. The minimum Gasteiger partial charge on any atom is -0.243 e. The van der Waals surface area contributed by atoms with Gasteiger partial charge in [-0.1, -0.05) is 49.4 Å². The number of hydrogen-bond acceptors (Lipinski definition) is 1. The molecule has 1 aromatic rings. The topological polar surface area (TPSA) is 12.9 Å². The molecule has 3 rings (SSSR count). The highest BCUT2D eigenvalue weighted by Crippen LogP contribution is 2.44. The molecule has 2 fully saturated rings. The maximum absolute atomic E-state index is 6.12. The molecule has 0 radical (unpaired) electrons. The van der Waals surface area contributed by atoms with Crippen LogP contribution >= 0.6 is 23.2 Å². The van der Waals surface area contributed by atoms with Crippen LogP contribution in [0.1, 0.15) is 76.2 Å². The summed E-state index contributed by atoms with van der Waals surface area (Å²) in [6, 6.07) is 2.02. The van der Waals surface area contributed by atoms with Crippen molar-refractivity contribution >= 4 is 23.2 Å². The van der Waals surface area contributed by atoms with Crippen molar-refractivity contribution in [2.75, 3.05) is 0 Å². The minimum atomic E-state index is 0.423. The molecule has 0 aliphatic heterocycles. The fraction of sp³-hybridized carbons (Fsp3) is 0.737. The predicted molar refractivity (Wildman–Crippen MR) is 94.7 cm³/mol. The first-order valence-electron chi connectivity index (χ1n) is 8.98.